The predicted octanol–water partition coefficient (Wildman–Crippen LogP) is 0.0924. The second kappa shape index (κ2) is 6.49. The highest BCUT2D eigenvalue weighted by atomic mass is 16.6. The summed E-state index contributed by atoms with van der Waals surface area (Å²) in [5.74, 6) is -1.48. The number of carbonyl (C=O) groups is 2. The van der Waals surface area contributed by atoms with Gasteiger partial charge in [0.25, 0.3) is 11.7 Å². The van der Waals surface area contributed by atoms with E-state index in [1.807, 2.05) is 0 Å². The van der Waals surface area contributed by atoms with Crippen LogP contribution in [0.15, 0.2) is 49.1 Å². The fourth-order valence-electron chi connectivity index (χ4n) is 1.35. The molecule has 19 heavy (non-hydrogen) atoms. The Balaban J connectivity index is 1.84. The largest absolute Gasteiger partial charge is 0.411 e. The van der Waals surface area contributed by atoms with Gasteiger partial charge in [0.1, 0.15) is 0 Å². The van der Waals surface area contributed by atoms with Crippen LogP contribution in [0.5, 0.6) is 0 Å². The van der Waals surface area contributed by atoms with Crippen LogP contribution in [-0.4, -0.2) is 36.3 Å². The van der Waals surface area contributed by atoms with Gasteiger partial charge in [-0.15, -0.1) is 0 Å². The van der Waals surface area contributed by atoms with Gasteiger partial charge >= 0.3 is 14.6 Å². The molecule has 0 bridgehead atoms. The van der Waals surface area contributed by atoms with Crippen LogP contribution < -0.4 is 10.9 Å². The zero-order valence-electron chi connectivity index (χ0n) is 9.89. The highest BCUT2D eigenvalue weighted by Gasteiger charge is 2.14. The smallest absolute Gasteiger partial charge is 0.301 e. The summed E-state index contributed by atoms with van der Waals surface area (Å²) >= 11 is 0. The van der Waals surface area contributed by atoms with E-state index in [2.05, 4.69) is 14.7 Å². The maximum absolute atomic E-state index is 11.5. The molecule has 2 aromatic rings. The first kappa shape index (κ1) is 13.0. The Bertz CT molecular complexity index is 512. The lowest BCUT2D eigenvalue weighted by Gasteiger charge is -2.01. The van der Waals surface area contributed by atoms with Crippen molar-refractivity contribution in [3.05, 3.63) is 49.1 Å². The number of ether oxygens (including phenoxy) is 1. The van der Waals surface area contributed by atoms with Crippen LogP contribution in [0.1, 0.15) is 0 Å². The summed E-state index contributed by atoms with van der Waals surface area (Å²) in [6, 6.07) is 6.73. The number of carbonyl (C=O) groups excluding carboxylic acids is 2. The topological polar surface area (TPSA) is 69.2 Å². The zero-order chi connectivity index (χ0) is 13.5. The van der Waals surface area contributed by atoms with Gasteiger partial charge in [-0.05, 0) is 12.1 Å². The Hall–Kier alpha value is -2.43. The van der Waals surface area contributed by atoms with Crippen LogP contribution in [0.25, 0.3) is 0 Å². The second-order valence-corrected chi connectivity index (χ2v) is 3.60. The summed E-state index contributed by atoms with van der Waals surface area (Å²) in [6.45, 7) is 0. The number of nitrogens with zero attached hydrogens (tertiary/aromatic N) is 2. The first-order chi connectivity index (χ1) is 9.24. The van der Waals surface area contributed by atoms with Gasteiger partial charge in [0.2, 0.25) is 0 Å². The maximum atomic E-state index is 11.5. The Morgan fingerprint density at radius 1 is 0.895 bits per heavy atom. The molecule has 0 saturated carbocycles. The maximum Gasteiger partial charge on any atom is 0.301 e. The van der Waals surface area contributed by atoms with Crippen molar-refractivity contribution >= 4 is 37.2 Å². The number of hydrogen-bond donors (Lipinski definition) is 0. The van der Waals surface area contributed by atoms with Crippen molar-refractivity contribution in [2.24, 2.45) is 0 Å². The van der Waals surface area contributed by atoms with E-state index in [1.54, 1.807) is 36.7 Å². The molecule has 0 atom stereocenters. The third-order valence-corrected chi connectivity index (χ3v) is 2.14. The normalized spacial score (nSPS) is 9.47. The molecule has 0 unspecified atom stereocenters. The fourth-order valence-corrected chi connectivity index (χ4v) is 1.35. The van der Waals surface area contributed by atoms with Crippen LogP contribution in [0, 0.1) is 0 Å². The minimum absolute atomic E-state index is 0.571. The monoisotopic (exact) mass is 250 g/mol. The van der Waals surface area contributed by atoms with Crippen LogP contribution in [-0.2, 0) is 4.74 Å². The van der Waals surface area contributed by atoms with E-state index >= 15 is 0 Å². The first-order valence-corrected chi connectivity index (χ1v) is 5.49. The lowest BCUT2D eigenvalue weighted by Crippen LogP contribution is -2.31. The minimum atomic E-state index is -0.738. The molecule has 0 aromatic carbocycles. The van der Waals surface area contributed by atoms with E-state index < -0.39 is 11.7 Å². The summed E-state index contributed by atoms with van der Waals surface area (Å²) in [7, 11) is 2.39. The van der Waals surface area contributed by atoms with Crippen LogP contribution in [0.2, 0.25) is 0 Å². The van der Waals surface area contributed by atoms with E-state index in [0.29, 0.717) is 10.9 Å². The van der Waals surface area contributed by atoms with E-state index in [1.165, 1.54) is 27.0 Å². The molecule has 0 amide bonds. The number of rotatable bonds is 4. The molecule has 0 saturated heterocycles. The molecular weight excluding hydrogens is 242 g/mol. The molecule has 2 radical (unpaired) electrons. The number of aromatic nitrogens is 2. The molecule has 2 rings (SSSR count). The second-order valence-electron chi connectivity index (χ2n) is 3.60. The predicted molar refractivity (Wildman–Crippen MR) is 71.1 cm³/mol. The highest BCUT2D eigenvalue weighted by Crippen LogP contribution is 1.86. The molecule has 0 fully saturated rings. The van der Waals surface area contributed by atoms with Crippen LogP contribution >= 0.6 is 0 Å². The molecule has 0 aliphatic carbocycles. The van der Waals surface area contributed by atoms with Gasteiger partial charge in [0.15, 0.2) is 0 Å². The van der Waals surface area contributed by atoms with Gasteiger partial charge in [-0.25, -0.2) is 0 Å². The fraction of sp³-hybridized carbons (Fsp3) is 0. The standard InChI is InChI=1S/C12H8B2N2O3/c17-11(13-9-3-1-5-15-7-9)19-12(18)14-10-4-2-6-16-8-10/h1-8H. The van der Waals surface area contributed by atoms with Crippen molar-refractivity contribution in [2.75, 3.05) is 0 Å². The van der Waals surface area contributed by atoms with E-state index in [0.717, 1.165) is 0 Å². The third kappa shape index (κ3) is 4.39. The summed E-state index contributed by atoms with van der Waals surface area (Å²) in [4.78, 5) is 30.6. The van der Waals surface area contributed by atoms with Gasteiger partial charge in [0, 0.05) is 24.8 Å². The molecule has 0 aliphatic heterocycles. The zero-order valence-corrected chi connectivity index (χ0v) is 9.89. The third-order valence-electron chi connectivity index (χ3n) is 2.14. The van der Waals surface area contributed by atoms with Crippen molar-refractivity contribution < 1.29 is 14.3 Å². The van der Waals surface area contributed by atoms with Crippen molar-refractivity contribution in [3.8, 4) is 0 Å². The van der Waals surface area contributed by atoms with Crippen molar-refractivity contribution in [1.82, 2.24) is 9.97 Å². The molecule has 7 heteroatoms. The van der Waals surface area contributed by atoms with Crippen LogP contribution in [0.3, 0.4) is 0 Å². The van der Waals surface area contributed by atoms with E-state index in [9.17, 15) is 9.59 Å². The Kier molecular flexibility index (Phi) is 4.44. The summed E-state index contributed by atoms with van der Waals surface area (Å²) in [5.41, 5.74) is 1.14. The Morgan fingerprint density at radius 3 is 1.74 bits per heavy atom. The van der Waals surface area contributed by atoms with Gasteiger partial charge in [-0.2, -0.15) is 0 Å². The van der Waals surface area contributed by atoms with E-state index in [-0.39, 0.29) is 0 Å². The van der Waals surface area contributed by atoms with Crippen molar-refractivity contribution in [2.45, 2.75) is 0 Å². The minimum Gasteiger partial charge on any atom is -0.411 e. The Morgan fingerprint density at radius 2 is 1.37 bits per heavy atom. The van der Waals surface area contributed by atoms with Crippen molar-refractivity contribution in [1.29, 1.82) is 0 Å². The molecule has 90 valence electrons. The van der Waals surface area contributed by atoms with Gasteiger partial charge in [-0.3, -0.25) is 19.6 Å². The average Bonchev–Trinajstić information content (AvgIpc) is 2.40. The lowest BCUT2D eigenvalue weighted by molar-refractivity contribution is 0.184. The van der Waals surface area contributed by atoms with E-state index in [4.69, 9.17) is 0 Å². The summed E-state index contributed by atoms with van der Waals surface area (Å²) in [6.07, 6.45) is 6.17. The first-order valence-electron chi connectivity index (χ1n) is 5.49. The summed E-state index contributed by atoms with van der Waals surface area (Å²) in [5, 5.41) is 0. The molecule has 0 spiro atoms. The molecule has 0 aliphatic rings. The Labute approximate surface area is 111 Å². The highest BCUT2D eigenvalue weighted by molar-refractivity contribution is 6.87. The molecule has 5 nitrogen and oxygen atoms in total. The summed E-state index contributed by atoms with van der Waals surface area (Å²) < 4.78 is 4.61. The van der Waals surface area contributed by atoms with Gasteiger partial charge in [0.05, 0.1) is 0 Å². The molecular formula is C12H8B2N2O3. The molecule has 2 aromatic heterocycles. The van der Waals surface area contributed by atoms with Crippen molar-refractivity contribution in [3.63, 3.8) is 0 Å². The van der Waals surface area contributed by atoms with Gasteiger partial charge in [-0.1, -0.05) is 23.1 Å². The lowest BCUT2D eigenvalue weighted by atomic mass is 9.69. The molecule has 0 N–H and O–H groups in total. The molecule has 2 heterocycles. The quantitative estimate of drug-likeness (QED) is 0.568. The van der Waals surface area contributed by atoms with Crippen LogP contribution in [0.4, 0.5) is 9.59 Å². The number of pyridine rings is 2. The SMILES string of the molecule is O=C([B]c1cccnc1)OC(=O)[B]c1cccnc1. The average molecular weight is 250 g/mol. The number of hydrogen-bond acceptors (Lipinski definition) is 5. The van der Waals surface area contributed by atoms with Gasteiger partial charge < -0.3 is 4.74 Å².